The molecule has 1 aliphatic rings. The molecule has 0 fully saturated rings. The van der Waals surface area contributed by atoms with Gasteiger partial charge in [-0.25, -0.2) is 0 Å². The minimum Gasteiger partial charge on any atom is -0.493 e. The van der Waals surface area contributed by atoms with Crippen molar-refractivity contribution in [1.82, 2.24) is 5.32 Å². The van der Waals surface area contributed by atoms with Gasteiger partial charge in [0.1, 0.15) is 0 Å². The molecule has 0 spiro atoms. The van der Waals surface area contributed by atoms with Crippen LogP contribution >= 0.6 is 0 Å². The molecule has 1 aliphatic heterocycles. The van der Waals surface area contributed by atoms with E-state index in [2.05, 4.69) is 17.4 Å². The molecule has 3 heteroatoms. The average molecular weight is 249 g/mol. The van der Waals surface area contributed by atoms with E-state index in [9.17, 15) is 0 Å². The molecule has 100 valence electrons. The molecule has 18 heavy (non-hydrogen) atoms. The predicted molar refractivity (Wildman–Crippen MR) is 73.7 cm³/mol. The molecule has 1 aromatic rings. The number of aryl methyl sites for hydroxylation is 1. The van der Waals surface area contributed by atoms with Gasteiger partial charge in [0, 0.05) is 0 Å². The second kappa shape index (κ2) is 6.64. The van der Waals surface area contributed by atoms with E-state index in [1.165, 1.54) is 30.4 Å². The topological polar surface area (TPSA) is 30.5 Å². The Kier molecular flexibility index (Phi) is 4.88. The summed E-state index contributed by atoms with van der Waals surface area (Å²) >= 11 is 0. The Morgan fingerprint density at radius 1 is 0.833 bits per heavy atom. The van der Waals surface area contributed by atoms with Crippen LogP contribution in [0.4, 0.5) is 0 Å². The van der Waals surface area contributed by atoms with Crippen LogP contribution in [0.5, 0.6) is 11.5 Å². The maximum absolute atomic E-state index is 5.39. The summed E-state index contributed by atoms with van der Waals surface area (Å²) < 4.78 is 10.8. The number of hydrogen-bond acceptors (Lipinski definition) is 3. The van der Waals surface area contributed by atoms with Crippen molar-refractivity contribution in [3.63, 3.8) is 0 Å². The van der Waals surface area contributed by atoms with E-state index >= 15 is 0 Å². The maximum Gasteiger partial charge on any atom is 0.161 e. The molecule has 0 saturated heterocycles. The molecule has 3 nitrogen and oxygen atoms in total. The molecule has 0 bridgehead atoms. The van der Waals surface area contributed by atoms with Crippen molar-refractivity contribution in [2.45, 2.75) is 32.1 Å². The van der Waals surface area contributed by atoms with Gasteiger partial charge in [0.05, 0.1) is 14.2 Å². The molecule has 0 radical (unpaired) electrons. The SMILES string of the molecule is COc1cc2c(cc1OC)CCNCCCCC2. The molecule has 1 aromatic carbocycles. The summed E-state index contributed by atoms with van der Waals surface area (Å²) in [6.45, 7) is 2.19. The van der Waals surface area contributed by atoms with Crippen LogP contribution < -0.4 is 14.8 Å². The second-order valence-electron chi connectivity index (χ2n) is 4.79. The standard InChI is InChI=1S/C15H23NO2/c1-17-14-10-12-6-4-3-5-8-16-9-7-13(12)11-15(14)18-2/h10-11,16H,3-9H2,1-2H3. The zero-order valence-corrected chi connectivity index (χ0v) is 11.4. The number of rotatable bonds is 2. The minimum absolute atomic E-state index is 0.841. The van der Waals surface area contributed by atoms with Gasteiger partial charge >= 0.3 is 0 Å². The van der Waals surface area contributed by atoms with Gasteiger partial charge in [0.2, 0.25) is 0 Å². The molecule has 1 N–H and O–H groups in total. The predicted octanol–water partition coefficient (Wildman–Crippen LogP) is 2.56. The molecule has 0 amide bonds. The second-order valence-corrected chi connectivity index (χ2v) is 4.79. The van der Waals surface area contributed by atoms with Gasteiger partial charge in [-0.3, -0.25) is 0 Å². The molecule has 0 atom stereocenters. The normalized spacial score (nSPS) is 16.8. The van der Waals surface area contributed by atoms with E-state index in [-0.39, 0.29) is 0 Å². The highest BCUT2D eigenvalue weighted by Crippen LogP contribution is 2.31. The Morgan fingerprint density at radius 3 is 2.17 bits per heavy atom. The molecule has 0 aliphatic carbocycles. The van der Waals surface area contributed by atoms with Crippen molar-refractivity contribution < 1.29 is 9.47 Å². The summed E-state index contributed by atoms with van der Waals surface area (Å²) in [5.74, 6) is 1.69. The molecule has 0 aromatic heterocycles. The zero-order valence-electron chi connectivity index (χ0n) is 11.4. The number of fused-ring (bicyclic) bond motifs is 1. The fourth-order valence-electron chi connectivity index (χ4n) is 2.52. The van der Waals surface area contributed by atoms with Crippen molar-refractivity contribution >= 4 is 0 Å². The number of hydrogen-bond donors (Lipinski definition) is 1. The van der Waals surface area contributed by atoms with Crippen LogP contribution in [0.15, 0.2) is 12.1 Å². The average Bonchev–Trinajstić information content (AvgIpc) is 2.42. The number of nitrogens with one attached hydrogen (secondary N) is 1. The van der Waals surface area contributed by atoms with E-state index < -0.39 is 0 Å². The number of ether oxygens (including phenoxy) is 2. The highest BCUT2D eigenvalue weighted by molar-refractivity contribution is 5.47. The van der Waals surface area contributed by atoms with Gasteiger partial charge in [-0.1, -0.05) is 6.42 Å². The lowest BCUT2D eigenvalue weighted by atomic mass is 9.97. The third-order valence-electron chi connectivity index (χ3n) is 3.58. The van der Waals surface area contributed by atoms with Gasteiger partial charge in [0.15, 0.2) is 11.5 Å². The Bertz CT molecular complexity index is 353. The zero-order chi connectivity index (χ0) is 12.8. The van der Waals surface area contributed by atoms with Crippen molar-refractivity contribution in [2.24, 2.45) is 0 Å². The smallest absolute Gasteiger partial charge is 0.161 e. The first-order chi connectivity index (χ1) is 8.85. The van der Waals surface area contributed by atoms with Gasteiger partial charge in [0.25, 0.3) is 0 Å². The Hall–Kier alpha value is -1.22. The number of methoxy groups -OCH3 is 2. The number of benzene rings is 1. The first-order valence-corrected chi connectivity index (χ1v) is 6.79. The van der Waals surface area contributed by atoms with E-state index in [0.717, 1.165) is 37.4 Å². The van der Waals surface area contributed by atoms with Crippen molar-refractivity contribution in [2.75, 3.05) is 27.3 Å². The summed E-state index contributed by atoms with van der Waals surface area (Å²) in [7, 11) is 3.40. The summed E-state index contributed by atoms with van der Waals surface area (Å²) in [4.78, 5) is 0. The molecule has 1 heterocycles. The molecule has 0 saturated carbocycles. The van der Waals surface area contributed by atoms with Crippen LogP contribution in [0.1, 0.15) is 30.4 Å². The first-order valence-electron chi connectivity index (χ1n) is 6.79. The van der Waals surface area contributed by atoms with Crippen LogP contribution in [-0.2, 0) is 12.8 Å². The molecular formula is C15H23NO2. The third-order valence-corrected chi connectivity index (χ3v) is 3.58. The summed E-state index contributed by atoms with van der Waals surface area (Å²) in [6, 6.07) is 4.28. The van der Waals surface area contributed by atoms with Crippen LogP contribution in [0.3, 0.4) is 0 Å². The van der Waals surface area contributed by atoms with Crippen LogP contribution in [-0.4, -0.2) is 27.3 Å². The molecular weight excluding hydrogens is 226 g/mol. The van der Waals surface area contributed by atoms with Crippen molar-refractivity contribution in [3.8, 4) is 11.5 Å². The Balaban J connectivity index is 2.27. The van der Waals surface area contributed by atoms with Gasteiger partial charge in [-0.15, -0.1) is 0 Å². The Morgan fingerprint density at radius 2 is 1.50 bits per heavy atom. The third kappa shape index (κ3) is 3.16. The maximum atomic E-state index is 5.39. The highest BCUT2D eigenvalue weighted by atomic mass is 16.5. The Labute approximate surface area is 109 Å². The fourth-order valence-corrected chi connectivity index (χ4v) is 2.52. The van der Waals surface area contributed by atoms with E-state index in [0.29, 0.717) is 0 Å². The summed E-state index contributed by atoms with van der Waals surface area (Å²) in [5.41, 5.74) is 2.80. The fraction of sp³-hybridized carbons (Fsp3) is 0.600. The van der Waals surface area contributed by atoms with Crippen molar-refractivity contribution in [1.29, 1.82) is 0 Å². The lowest BCUT2D eigenvalue weighted by Crippen LogP contribution is -2.20. The lowest BCUT2D eigenvalue weighted by molar-refractivity contribution is 0.354. The van der Waals surface area contributed by atoms with Gasteiger partial charge in [-0.05, 0) is 62.0 Å². The molecule has 0 unspecified atom stereocenters. The minimum atomic E-state index is 0.841. The summed E-state index contributed by atoms with van der Waals surface area (Å²) in [6.07, 6.45) is 6.04. The van der Waals surface area contributed by atoms with Crippen LogP contribution in [0.25, 0.3) is 0 Å². The van der Waals surface area contributed by atoms with Crippen LogP contribution in [0.2, 0.25) is 0 Å². The lowest BCUT2D eigenvalue weighted by Gasteiger charge is -2.16. The van der Waals surface area contributed by atoms with E-state index in [1.54, 1.807) is 14.2 Å². The first kappa shape index (κ1) is 13.2. The van der Waals surface area contributed by atoms with E-state index in [1.807, 2.05) is 0 Å². The quantitative estimate of drug-likeness (QED) is 0.874. The molecule has 2 rings (SSSR count). The van der Waals surface area contributed by atoms with Gasteiger partial charge in [-0.2, -0.15) is 0 Å². The van der Waals surface area contributed by atoms with E-state index in [4.69, 9.17) is 9.47 Å². The monoisotopic (exact) mass is 249 g/mol. The largest absolute Gasteiger partial charge is 0.493 e. The summed E-state index contributed by atoms with van der Waals surface area (Å²) in [5, 5.41) is 3.49. The highest BCUT2D eigenvalue weighted by Gasteiger charge is 2.11. The van der Waals surface area contributed by atoms with Crippen LogP contribution in [0, 0.1) is 0 Å². The van der Waals surface area contributed by atoms with Crippen molar-refractivity contribution in [3.05, 3.63) is 23.3 Å². The van der Waals surface area contributed by atoms with Gasteiger partial charge < -0.3 is 14.8 Å².